The van der Waals surface area contributed by atoms with Gasteiger partial charge in [-0.25, -0.2) is 13.6 Å². The maximum atomic E-state index is 14.2. The average Bonchev–Trinajstić information content (AvgIpc) is 2.47. The summed E-state index contributed by atoms with van der Waals surface area (Å²) >= 11 is 0. The van der Waals surface area contributed by atoms with Crippen molar-refractivity contribution in [3.8, 4) is 0 Å². The fourth-order valence-electron chi connectivity index (χ4n) is 2.00. The third kappa shape index (κ3) is 3.91. The number of ether oxygens (including phenoxy) is 1. The van der Waals surface area contributed by atoms with E-state index in [4.69, 9.17) is 5.73 Å². The van der Waals surface area contributed by atoms with Gasteiger partial charge < -0.3 is 15.4 Å². The summed E-state index contributed by atoms with van der Waals surface area (Å²) in [5, 5.41) is 0. The van der Waals surface area contributed by atoms with Gasteiger partial charge in [-0.3, -0.25) is 0 Å². The molecule has 0 atom stereocenters. The van der Waals surface area contributed by atoms with E-state index in [2.05, 4.69) is 4.74 Å². The fourth-order valence-corrected chi connectivity index (χ4v) is 2.00. The van der Waals surface area contributed by atoms with Gasteiger partial charge in [0, 0.05) is 13.1 Å². The highest BCUT2D eigenvalue weighted by Gasteiger charge is 2.25. The van der Waals surface area contributed by atoms with Crippen molar-refractivity contribution in [2.75, 3.05) is 31.6 Å². The molecule has 0 aromatic heterocycles. The number of methoxy groups -OCH3 is 1. The minimum absolute atomic E-state index is 0.115. The van der Waals surface area contributed by atoms with Gasteiger partial charge in [0.05, 0.1) is 18.4 Å². The lowest BCUT2D eigenvalue weighted by Gasteiger charge is -2.33. The quantitative estimate of drug-likeness (QED) is 0.820. The third-order valence-electron chi connectivity index (χ3n) is 3.36. The Hall–Kier alpha value is -1.69. The van der Waals surface area contributed by atoms with E-state index >= 15 is 0 Å². The summed E-state index contributed by atoms with van der Waals surface area (Å²) in [7, 11) is 1.12. The van der Waals surface area contributed by atoms with Gasteiger partial charge in [0.15, 0.2) is 11.6 Å². The molecule has 2 N–H and O–H groups in total. The van der Waals surface area contributed by atoms with Crippen molar-refractivity contribution in [1.29, 1.82) is 0 Å². The van der Waals surface area contributed by atoms with Gasteiger partial charge in [0.25, 0.3) is 0 Å². The Morgan fingerprint density at radius 2 is 1.95 bits per heavy atom. The molecule has 0 saturated carbocycles. The minimum atomic E-state index is -1.19. The van der Waals surface area contributed by atoms with E-state index in [0.29, 0.717) is 19.6 Å². The number of rotatable bonds is 6. The molecular weight excluding hydrogens is 278 g/mol. The van der Waals surface area contributed by atoms with Crippen LogP contribution in [0.2, 0.25) is 0 Å². The van der Waals surface area contributed by atoms with Crippen LogP contribution in [0.15, 0.2) is 12.1 Å². The van der Waals surface area contributed by atoms with E-state index in [-0.39, 0.29) is 11.1 Å². The molecule has 1 aromatic carbocycles. The number of esters is 1. The highest BCUT2D eigenvalue weighted by molar-refractivity contribution is 5.90. The molecule has 6 heteroatoms. The van der Waals surface area contributed by atoms with Gasteiger partial charge in [-0.15, -0.1) is 0 Å². The molecule has 0 heterocycles. The second-order valence-electron chi connectivity index (χ2n) is 5.63. The number of halogens is 2. The summed E-state index contributed by atoms with van der Waals surface area (Å²) in [6.07, 6.45) is 0. The maximum Gasteiger partial charge on any atom is 0.340 e. The molecule has 0 spiro atoms. The van der Waals surface area contributed by atoms with Crippen molar-refractivity contribution in [1.82, 2.24) is 0 Å². The monoisotopic (exact) mass is 300 g/mol. The molecule has 0 aliphatic heterocycles. The molecular formula is C15H22F2N2O2. The lowest BCUT2D eigenvalue weighted by atomic mass is 9.92. The normalized spacial score (nSPS) is 11.4. The number of benzene rings is 1. The number of carbonyl (C=O) groups excluding carboxylic acids is 1. The zero-order chi connectivity index (χ0) is 16.2. The standard InChI is InChI=1S/C15H22F2N2O2/c1-5-19(9-15(2,3)8-18)11-7-6-10(14(20)21-4)12(16)13(11)17/h6-7H,5,8-9,18H2,1-4H3. The predicted molar refractivity (Wildman–Crippen MR) is 78.4 cm³/mol. The first kappa shape index (κ1) is 17.4. The number of hydrogen-bond donors (Lipinski definition) is 1. The van der Waals surface area contributed by atoms with Crippen molar-refractivity contribution in [3.63, 3.8) is 0 Å². The van der Waals surface area contributed by atoms with Crippen molar-refractivity contribution in [3.05, 3.63) is 29.3 Å². The number of nitrogens with zero attached hydrogens (tertiary/aromatic N) is 1. The highest BCUT2D eigenvalue weighted by Crippen LogP contribution is 2.27. The summed E-state index contributed by atoms with van der Waals surface area (Å²) in [6, 6.07) is 2.62. The van der Waals surface area contributed by atoms with E-state index < -0.39 is 23.2 Å². The maximum absolute atomic E-state index is 14.2. The lowest BCUT2D eigenvalue weighted by Crippen LogP contribution is -2.39. The number of hydrogen-bond acceptors (Lipinski definition) is 4. The molecule has 1 aromatic rings. The lowest BCUT2D eigenvalue weighted by molar-refractivity contribution is 0.0594. The van der Waals surface area contributed by atoms with Gasteiger partial charge in [-0.1, -0.05) is 13.8 Å². The van der Waals surface area contributed by atoms with E-state index in [1.54, 1.807) is 4.90 Å². The predicted octanol–water partition coefficient (Wildman–Crippen LogP) is 2.56. The van der Waals surface area contributed by atoms with Crippen LogP contribution in [0.5, 0.6) is 0 Å². The molecule has 0 unspecified atom stereocenters. The van der Waals surface area contributed by atoms with Crippen LogP contribution in [0.3, 0.4) is 0 Å². The van der Waals surface area contributed by atoms with Crippen LogP contribution < -0.4 is 10.6 Å². The fraction of sp³-hybridized carbons (Fsp3) is 0.533. The van der Waals surface area contributed by atoms with Crippen molar-refractivity contribution in [2.45, 2.75) is 20.8 Å². The summed E-state index contributed by atoms with van der Waals surface area (Å²) in [5.74, 6) is -3.14. The second-order valence-corrected chi connectivity index (χ2v) is 5.63. The van der Waals surface area contributed by atoms with Gasteiger partial charge in [0.1, 0.15) is 0 Å². The molecule has 0 fully saturated rings. The van der Waals surface area contributed by atoms with Crippen LogP contribution in [0.1, 0.15) is 31.1 Å². The third-order valence-corrected chi connectivity index (χ3v) is 3.36. The largest absolute Gasteiger partial charge is 0.465 e. The summed E-state index contributed by atoms with van der Waals surface area (Å²) in [4.78, 5) is 13.1. The number of carbonyl (C=O) groups is 1. The summed E-state index contributed by atoms with van der Waals surface area (Å²) in [6.45, 7) is 7.15. The SMILES string of the molecule is CCN(CC(C)(C)CN)c1ccc(C(=O)OC)c(F)c1F. The average molecular weight is 300 g/mol. The molecule has 118 valence electrons. The number of anilines is 1. The van der Waals surface area contributed by atoms with E-state index in [1.807, 2.05) is 20.8 Å². The first-order chi connectivity index (χ1) is 9.77. The topological polar surface area (TPSA) is 55.6 Å². The molecule has 21 heavy (non-hydrogen) atoms. The van der Waals surface area contributed by atoms with Crippen LogP contribution >= 0.6 is 0 Å². The first-order valence-electron chi connectivity index (χ1n) is 6.78. The molecule has 0 radical (unpaired) electrons. The smallest absolute Gasteiger partial charge is 0.340 e. The zero-order valence-electron chi connectivity index (χ0n) is 12.9. The Morgan fingerprint density at radius 1 is 1.33 bits per heavy atom. The van der Waals surface area contributed by atoms with Crippen molar-refractivity contribution >= 4 is 11.7 Å². The molecule has 0 bridgehead atoms. The molecule has 1 rings (SSSR count). The van der Waals surface area contributed by atoms with Crippen LogP contribution in [0, 0.1) is 17.0 Å². The van der Waals surface area contributed by atoms with Crippen molar-refractivity contribution < 1.29 is 18.3 Å². The Labute approximate surface area is 123 Å². The van der Waals surface area contributed by atoms with Crippen LogP contribution in [0.4, 0.5) is 14.5 Å². The Kier molecular flexibility index (Phi) is 5.66. The van der Waals surface area contributed by atoms with Crippen LogP contribution in [0.25, 0.3) is 0 Å². The minimum Gasteiger partial charge on any atom is -0.465 e. The molecule has 0 aliphatic rings. The van der Waals surface area contributed by atoms with Gasteiger partial charge in [-0.2, -0.15) is 0 Å². The van der Waals surface area contributed by atoms with E-state index in [1.165, 1.54) is 12.1 Å². The van der Waals surface area contributed by atoms with Crippen LogP contribution in [-0.4, -0.2) is 32.7 Å². The summed E-state index contributed by atoms with van der Waals surface area (Å²) < 4.78 is 32.6. The van der Waals surface area contributed by atoms with E-state index in [9.17, 15) is 13.6 Å². The zero-order valence-corrected chi connectivity index (χ0v) is 12.9. The highest BCUT2D eigenvalue weighted by atomic mass is 19.2. The Balaban J connectivity index is 3.18. The van der Waals surface area contributed by atoms with Crippen LogP contribution in [-0.2, 0) is 4.74 Å². The number of nitrogens with two attached hydrogens (primary N) is 1. The Morgan fingerprint density at radius 3 is 2.43 bits per heavy atom. The Bertz CT molecular complexity index is 519. The molecule has 0 amide bonds. The molecule has 0 aliphatic carbocycles. The van der Waals surface area contributed by atoms with Gasteiger partial charge >= 0.3 is 5.97 Å². The molecule has 0 saturated heterocycles. The summed E-state index contributed by atoms with van der Waals surface area (Å²) in [5.41, 5.74) is 5.15. The first-order valence-corrected chi connectivity index (χ1v) is 6.78. The van der Waals surface area contributed by atoms with E-state index in [0.717, 1.165) is 7.11 Å². The van der Waals surface area contributed by atoms with Crippen molar-refractivity contribution in [2.24, 2.45) is 11.1 Å². The second kappa shape index (κ2) is 6.85. The van der Waals surface area contributed by atoms with Gasteiger partial charge in [0.2, 0.25) is 0 Å². The van der Waals surface area contributed by atoms with Gasteiger partial charge in [-0.05, 0) is 31.0 Å². The molecule has 4 nitrogen and oxygen atoms in total.